The van der Waals surface area contributed by atoms with Gasteiger partial charge in [-0.2, -0.15) is 0 Å². The van der Waals surface area contributed by atoms with Crippen molar-refractivity contribution in [2.24, 2.45) is 0 Å². The van der Waals surface area contributed by atoms with Gasteiger partial charge in [-0.05, 0) is 28.3 Å². The van der Waals surface area contributed by atoms with E-state index in [9.17, 15) is 14.4 Å². The van der Waals surface area contributed by atoms with Crippen LogP contribution in [0.1, 0.15) is 34.1 Å². The Balaban J connectivity index is 1.22. The van der Waals surface area contributed by atoms with Crippen LogP contribution in [0.2, 0.25) is 0 Å². The van der Waals surface area contributed by atoms with E-state index in [1.54, 1.807) is 4.90 Å². The number of H-pyrrole nitrogens is 1. The van der Waals surface area contributed by atoms with Gasteiger partial charge in [0.05, 0.1) is 23.9 Å². The number of ether oxygens (including phenoxy) is 1. The molecule has 3 amide bonds. The van der Waals surface area contributed by atoms with Crippen LogP contribution in [0.25, 0.3) is 21.8 Å². The third-order valence-corrected chi connectivity index (χ3v) is 7.88. The van der Waals surface area contributed by atoms with Crippen molar-refractivity contribution in [3.05, 3.63) is 107 Å². The number of carbonyl (C=O) groups is 3. The van der Waals surface area contributed by atoms with E-state index in [0.717, 1.165) is 44.1 Å². The highest BCUT2D eigenvalue weighted by atomic mass is 16.6. The Morgan fingerprint density at radius 1 is 0.846 bits per heavy atom. The number of carbonyl (C=O) groups excluding carboxylic acids is 3. The SMILES string of the molecule is O=C1NC(=O)[C@@H](c2cn3c4c(cccc24)CN(C(=O)OCc2ccccc2)CC3)[C@@H]1c1c[nH]c2ccccc12. The zero-order chi connectivity index (χ0) is 26.5. The molecule has 5 aromatic rings. The average molecular weight is 519 g/mol. The summed E-state index contributed by atoms with van der Waals surface area (Å²) in [4.78, 5) is 44.3. The van der Waals surface area contributed by atoms with Crippen LogP contribution >= 0.6 is 0 Å². The van der Waals surface area contributed by atoms with Crippen molar-refractivity contribution in [2.75, 3.05) is 6.54 Å². The molecule has 7 rings (SSSR count). The summed E-state index contributed by atoms with van der Waals surface area (Å²) in [7, 11) is 0. The van der Waals surface area contributed by atoms with E-state index in [-0.39, 0.29) is 24.5 Å². The van der Waals surface area contributed by atoms with Gasteiger partial charge in [-0.1, -0.05) is 66.7 Å². The fourth-order valence-electron chi connectivity index (χ4n) is 6.07. The number of para-hydroxylation sites is 2. The second-order valence-electron chi connectivity index (χ2n) is 10.2. The molecule has 0 radical (unpaired) electrons. The van der Waals surface area contributed by atoms with Crippen LogP contribution in [-0.4, -0.2) is 38.9 Å². The van der Waals surface area contributed by atoms with Crippen LogP contribution in [0.3, 0.4) is 0 Å². The van der Waals surface area contributed by atoms with Gasteiger partial charge >= 0.3 is 6.09 Å². The molecule has 1 saturated heterocycles. The Morgan fingerprint density at radius 3 is 2.44 bits per heavy atom. The third-order valence-electron chi connectivity index (χ3n) is 7.88. The first-order valence-corrected chi connectivity index (χ1v) is 13.1. The highest BCUT2D eigenvalue weighted by Crippen LogP contribution is 2.44. The smallest absolute Gasteiger partial charge is 0.410 e. The Hall–Kier alpha value is -4.85. The maximum atomic E-state index is 13.2. The molecule has 3 aromatic carbocycles. The average Bonchev–Trinajstić information content (AvgIpc) is 3.58. The van der Waals surface area contributed by atoms with Gasteiger partial charge in [0.15, 0.2) is 0 Å². The van der Waals surface area contributed by atoms with Gasteiger partial charge < -0.3 is 19.2 Å². The summed E-state index contributed by atoms with van der Waals surface area (Å²) in [5.41, 5.74) is 5.46. The first kappa shape index (κ1) is 23.3. The van der Waals surface area contributed by atoms with E-state index in [2.05, 4.69) is 14.9 Å². The molecule has 8 nitrogen and oxygen atoms in total. The Kier molecular flexibility index (Phi) is 5.47. The predicted octanol–water partition coefficient (Wildman–Crippen LogP) is 4.80. The summed E-state index contributed by atoms with van der Waals surface area (Å²) >= 11 is 0. The summed E-state index contributed by atoms with van der Waals surface area (Å²) in [5, 5.41) is 4.44. The van der Waals surface area contributed by atoms with Crippen LogP contribution in [0, 0.1) is 0 Å². The zero-order valence-corrected chi connectivity index (χ0v) is 21.1. The van der Waals surface area contributed by atoms with E-state index < -0.39 is 11.8 Å². The van der Waals surface area contributed by atoms with E-state index in [4.69, 9.17) is 4.74 Å². The lowest BCUT2D eigenvalue weighted by molar-refractivity contribution is -0.125. The number of fused-ring (bicyclic) bond motifs is 1. The molecular formula is C31H26N4O4. The molecule has 4 heterocycles. The van der Waals surface area contributed by atoms with Crippen LogP contribution in [0.5, 0.6) is 0 Å². The van der Waals surface area contributed by atoms with Crippen molar-refractivity contribution in [2.45, 2.75) is 31.5 Å². The summed E-state index contributed by atoms with van der Waals surface area (Å²) in [6, 6.07) is 23.4. The van der Waals surface area contributed by atoms with Crippen molar-refractivity contribution < 1.29 is 19.1 Å². The summed E-state index contributed by atoms with van der Waals surface area (Å²) in [6.45, 7) is 1.63. The number of aromatic amines is 1. The summed E-state index contributed by atoms with van der Waals surface area (Å²) in [6.07, 6.45) is 3.46. The molecule has 2 aliphatic rings. The molecule has 2 N–H and O–H groups in total. The Bertz CT molecular complexity index is 1750. The highest BCUT2D eigenvalue weighted by Gasteiger charge is 2.46. The molecule has 0 saturated carbocycles. The van der Waals surface area contributed by atoms with E-state index in [0.29, 0.717) is 19.6 Å². The number of imide groups is 1. The lowest BCUT2D eigenvalue weighted by Gasteiger charge is -2.20. The molecule has 39 heavy (non-hydrogen) atoms. The molecule has 2 atom stereocenters. The number of rotatable bonds is 4. The fraction of sp³-hybridized carbons (Fsp3) is 0.194. The maximum absolute atomic E-state index is 13.2. The Labute approximate surface area is 224 Å². The topological polar surface area (TPSA) is 96.4 Å². The predicted molar refractivity (Wildman–Crippen MR) is 146 cm³/mol. The first-order chi connectivity index (χ1) is 19.1. The zero-order valence-electron chi connectivity index (χ0n) is 21.1. The van der Waals surface area contributed by atoms with Crippen molar-refractivity contribution in [1.82, 2.24) is 19.8 Å². The minimum atomic E-state index is -0.651. The van der Waals surface area contributed by atoms with Crippen LogP contribution in [-0.2, 0) is 34.0 Å². The standard InChI is InChI=1S/C31H26N4O4/c36-29-26(23-15-32-25-12-5-4-10-21(23)25)27(30(37)33-29)24-17-34-13-14-35(16-20-9-6-11-22(24)28(20)34)31(38)39-18-19-7-2-1-3-8-19/h1-12,15,17,26-27,32H,13-14,16,18H2,(H,33,36,37)/t26-,27-/m0/s1. The van der Waals surface area contributed by atoms with Crippen molar-refractivity contribution in [1.29, 1.82) is 0 Å². The summed E-state index contributed by atoms with van der Waals surface area (Å²) in [5.74, 6) is -1.86. The summed E-state index contributed by atoms with van der Waals surface area (Å²) < 4.78 is 7.70. The van der Waals surface area contributed by atoms with Gasteiger partial charge in [-0.25, -0.2) is 4.79 Å². The molecule has 0 aliphatic carbocycles. The fourth-order valence-corrected chi connectivity index (χ4v) is 6.07. The molecule has 2 aliphatic heterocycles. The molecule has 1 fully saturated rings. The highest BCUT2D eigenvalue weighted by molar-refractivity contribution is 6.13. The third kappa shape index (κ3) is 3.87. The molecule has 194 valence electrons. The van der Waals surface area contributed by atoms with Crippen LogP contribution in [0.4, 0.5) is 4.79 Å². The molecule has 8 heteroatoms. The van der Waals surface area contributed by atoms with E-state index in [1.807, 2.05) is 85.2 Å². The lowest BCUT2D eigenvalue weighted by Crippen LogP contribution is -2.32. The second kappa shape index (κ2) is 9.16. The quantitative estimate of drug-likeness (QED) is 0.334. The van der Waals surface area contributed by atoms with E-state index >= 15 is 0 Å². The molecule has 0 spiro atoms. The number of aromatic nitrogens is 2. The van der Waals surface area contributed by atoms with Crippen molar-refractivity contribution in [3.8, 4) is 0 Å². The molecule has 2 aromatic heterocycles. The maximum Gasteiger partial charge on any atom is 0.410 e. The number of hydrogen-bond donors (Lipinski definition) is 2. The minimum absolute atomic E-state index is 0.219. The van der Waals surface area contributed by atoms with Gasteiger partial charge in [-0.15, -0.1) is 0 Å². The normalized spacial score (nSPS) is 18.9. The van der Waals surface area contributed by atoms with Crippen LogP contribution in [0.15, 0.2) is 85.2 Å². The first-order valence-electron chi connectivity index (χ1n) is 13.1. The molecular weight excluding hydrogens is 492 g/mol. The van der Waals surface area contributed by atoms with Gasteiger partial charge in [0, 0.05) is 41.8 Å². The monoisotopic (exact) mass is 518 g/mol. The largest absolute Gasteiger partial charge is 0.445 e. The van der Waals surface area contributed by atoms with E-state index in [1.165, 1.54) is 0 Å². The second-order valence-corrected chi connectivity index (χ2v) is 10.2. The molecule has 0 bridgehead atoms. The number of hydrogen-bond acceptors (Lipinski definition) is 4. The number of nitrogens with zero attached hydrogens (tertiary/aromatic N) is 2. The molecule has 0 unspecified atom stereocenters. The minimum Gasteiger partial charge on any atom is -0.445 e. The van der Waals surface area contributed by atoms with Gasteiger partial charge in [0.1, 0.15) is 6.61 Å². The lowest BCUT2D eigenvalue weighted by atomic mass is 9.83. The Morgan fingerprint density at radius 2 is 1.59 bits per heavy atom. The number of nitrogens with one attached hydrogen (secondary N) is 2. The van der Waals surface area contributed by atoms with Gasteiger partial charge in [0.25, 0.3) is 0 Å². The van der Waals surface area contributed by atoms with Gasteiger partial charge in [0.2, 0.25) is 11.8 Å². The van der Waals surface area contributed by atoms with Crippen LogP contribution < -0.4 is 5.32 Å². The van der Waals surface area contributed by atoms with Crippen molar-refractivity contribution in [3.63, 3.8) is 0 Å². The van der Waals surface area contributed by atoms with Crippen molar-refractivity contribution >= 4 is 39.7 Å². The number of amides is 3. The van der Waals surface area contributed by atoms with Gasteiger partial charge in [-0.3, -0.25) is 14.9 Å². The number of benzene rings is 3.